The summed E-state index contributed by atoms with van der Waals surface area (Å²) in [7, 11) is 3.93. The lowest BCUT2D eigenvalue weighted by molar-refractivity contribution is -0.135. The van der Waals surface area contributed by atoms with Gasteiger partial charge in [-0.3, -0.25) is 9.79 Å². The monoisotopic (exact) mass is 206 g/mol. The molecule has 0 amide bonds. The highest BCUT2D eigenvalue weighted by atomic mass is 16.4. The van der Waals surface area contributed by atoms with Crippen LogP contribution >= 0.6 is 0 Å². The molecule has 0 aromatic heterocycles. The van der Waals surface area contributed by atoms with Crippen molar-refractivity contribution >= 4 is 17.9 Å². The molecule has 0 unspecified atom stereocenters. The molecular formula is C11H14N2O2. The normalized spacial score (nSPS) is 10.5. The number of rotatable bonds is 4. The zero-order valence-electron chi connectivity index (χ0n) is 8.84. The average Bonchev–Trinajstić information content (AvgIpc) is 2.18. The molecule has 0 saturated heterocycles. The number of carbonyl (C=O) groups is 1. The first-order valence-electron chi connectivity index (χ1n) is 4.58. The predicted molar refractivity (Wildman–Crippen MR) is 60.9 cm³/mol. The number of aliphatic carboxylic acids is 1. The lowest BCUT2D eigenvalue weighted by Crippen LogP contribution is -2.08. The summed E-state index contributed by atoms with van der Waals surface area (Å²) in [5.74, 6) is -0.920. The van der Waals surface area contributed by atoms with Crippen LogP contribution in [-0.4, -0.2) is 37.9 Å². The molecule has 1 aromatic carbocycles. The van der Waals surface area contributed by atoms with Crippen LogP contribution in [0.25, 0.3) is 0 Å². The summed E-state index contributed by atoms with van der Waals surface area (Å²) in [6.07, 6.45) is 1.56. The van der Waals surface area contributed by atoms with Gasteiger partial charge in [0.15, 0.2) is 0 Å². The Kier molecular flexibility index (Phi) is 3.85. The van der Waals surface area contributed by atoms with E-state index in [-0.39, 0.29) is 6.54 Å². The Hall–Kier alpha value is -1.84. The number of carboxylic acids is 1. The Morgan fingerprint density at radius 1 is 1.40 bits per heavy atom. The smallest absolute Gasteiger partial charge is 0.325 e. The topological polar surface area (TPSA) is 52.9 Å². The fourth-order valence-electron chi connectivity index (χ4n) is 1.09. The van der Waals surface area contributed by atoms with Crippen LogP contribution in [0.3, 0.4) is 0 Å². The third-order valence-corrected chi connectivity index (χ3v) is 1.88. The maximum absolute atomic E-state index is 10.2. The van der Waals surface area contributed by atoms with Gasteiger partial charge in [0, 0.05) is 26.0 Å². The Morgan fingerprint density at radius 2 is 2.00 bits per heavy atom. The number of nitrogens with zero attached hydrogens (tertiary/aromatic N) is 2. The Labute approximate surface area is 88.9 Å². The van der Waals surface area contributed by atoms with Gasteiger partial charge in [-0.05, 0) is 17.7 Å². The van der Waals surface area contributed by atoms with Crippen molar-refractivity contribution in [3.8, 4) is 0 Å². The van der Waals surface area contributed by atoms with E-state index in [0.29, 0.717) is 0 Å². The third-order valence-electron chi connectivity index (χ3n) is 1.88. The summed E-state index contributed by atoms with van der Waals surface area (Å²) < 4.78 is 0. The first kappa shape index (κ1) is 11.2. The fourth-order valence-corrected chi connectivity index (χ4v) is 1.09. The van der Waals surface area contributed by atoms with Gasteiger partial charge < -0.3 is 10.0 Å². The van der Waals surface area contributed by atoms with E-state index < -0.39 is 5.97 Å². The molecule has 1 N–H and O–H groups in total. The second-order valence-electron chi connectivity index (χ2n) is 3.35. The van der Waals surface area contributed by atoms with Gasteiger partial charge >= 0.3 is 5.97 Å². The summed E-state index contributed by atoms with van der Waals surface area (Å²) in [5.41, 5.74) is 2.01. The molecule has 4 heteroatoms. The second-order valence-corrected chi connectivity index (χ2v) is 3.35. The van der Waals surface area contributed by atoms with Gasteiger partial charge in [-0.25, -0.2) is 0 Å². The molecule has 0 fully saturated rings. The molecule has 0 atom stereocenters. The standard InChI is InChI=1S/C11H14N2O2/c1-13(2)10-5-3-9(4-6-10)7-12-8-11(14)15/h3-7H,8H2,1-2H3,(H,14,15). The lowest BCUT2D eigenvalue weighted by Gasteiger charge is -2.11. The highest BCUT2D eigenvalue weighted by molar-refractivity contribution is 5.82. The molecule has 4 nitrogen and oxygen atoms in total. The molecule has 0 radical (unpaired) electrons. The number of hydrogen-bond donors (Lipinski definition) is 1. The number of hydrogen-bond acceptors (Lipinski definition) is 3. The number of benzene rings is 1. The zero-order valence-corrected chi connectivity index (χ0v) is 8.84. The van der Waals surface area contributed by atoms with E-state index >= 15 is 0 Å². The van der Waals surface area contributed by atoms with Gasteiger partial charge in [-0.2, -0.15) is 0 Å². The number of carboxylic acid groups (broad SMARTS) is 1. The van der Waals surface area contributed by atoms with Crippen LogP contribution in [0.15, 0.2) is 29.3 Å². The van der Waals surface area contributed by atoms with Crippen molar-refractivity contribution in [2.75, 3.05) is 25.5 Å². The van der Waals surface area contributed by atoms with Crippen LogP contribution in [0.1, 0.15) is 5.56 Å². The molecule has 0 bridgehead atoms. The molecule has 0 heterocycles. The summed E-state index contributed by atoms with van der Waals surface area (Å²) in [5, 5.41) is 8.39. The van der Waals surface area contributed by atoms with Crippen molar-refractivity contribution < 1.29 is 9.90 Å². The van der Waals surface area contributed by atoms with Crippen molar-refractivity contribution in [2.24, 2.45) is 4.99 Å². The highest BCUT2D eigenvalue weighted by Crippen LogP contribution is 2.10. The fraction of sp³-hybridized carbons (Fsp3) is 0.273. The summed E-state index contributed by atoms with van der Waals surface area (Å²) in [6.45, 7) is -0.185. The minimum absolute atomic E-state index is 0.185. The molecule has 0 spiro atoms. The first-order chi connectivity index (χ1) is 7.09. The minimum Gasteiger partial charge on any atom is -0.480 e. The van der Waals surface area contributed by atoms with Crippen molar-refractivity contribution in [3.05, 3.63) is 29.8 Å². The third kappa shape index (κ3) is 3.81. The lowest BCUT2D eigenvalue weighted by atomic mass is 10.2. The molecule has 0 saturated carbocycles. The quantitative estimate of drug-likeness (QED) is 0.754. The Bertz CT molecular complexity index is 355. The maximum atomic E-state index is 10.2. The van der Waals surface area contributed by atoms with Gasteiger partial charge in [0.25, 0.3) is 0 Å². The first-order valence-corrected chi connectivity index (χ1v) is 4.58. The molecule has 0 aliphatic carbocycles. The number of aliphatic imine (C=N–C) groups is 1. The van der Waals surface area contributed by atoms with Crippen molar-refractivity contribution in [3.63, 3.8) is 0 Å². The van der Waals surface area contributed by atoms with Crippen LogP contribution in [0.5, 0.6) is 0 Å². The van der Waals surface area contributed by atoms with Gasteiger partial charge in [0.1, 0.15) is 6.54 Å². The van der Waals surface area contributed by atoms with Gasteiger partial charge in [-0.1, -0.05) is 12.1 Å². The summed E-state index contributed by atoms with van der Waals surface area (Å²) >= 11 is 0. The molecule has 1 rings (SSSR count). The molecule has 0 aliphatic heterocycles. The van der Waals surface area contributed by atoms with E-state index in [1.165, 1.54) is 0 Å². The SMILES string of the molecule is CN(C)c1ccc(C=NCC(=O)O)cc1. The van der Waals surface area contributed by atoms with Crippen LogP contribution in [0, 0.1) is 0 Å². The zero-order chi connectivity index (χ0) is 11.3. The number of anilines is 1. The van der Waals surface area contributed by atoms with Crippen LogP contribution < -0.4 is 4.90 Å². The largest absolute Gasteiger partial charge is 0.480 e. The van der Waals surface area contributed by atoms with Crippen molar-refractivity contribution in [1.82, 2.24) is 0 Å². The van der Waals surface area contributed by atoms with Crippen molar-refractivity contribution in [1.29, 1.82) is 0 Å². The predicted octanol–water partition coefficient (Wildman–Crippen LogP) is 1.26. The summed E-state index contributed by atoms with van der Waals surface area (Å²) in [4.78, 5) is 16.0. The van der Waals surface area contributed by atoms with E-state index in [2.05, 4.69) is 4.99 Å². The average molecular weight is 206 g/mol. The van der Waals surface area contributed by atoms with E-state index in [4.69, 9.17) is 5.11 Å². The van der Waals surface area contributed by atoms with E-state index in [1.54, 1.807) is 6.21 Å². The Morgan fingerprint density at radius 3 is 2.47 bits per heavy atom. The van der Waals surface area contributed by atoms with Gasteiger partial charge in [0.2, 0.25) is 0 Å². The molecule has 1 aromatic rings. The molecule has 80 valence electrons. The molecular weight excluding hydrogens is 192 g/mol. The van der Waals surface area contributed by atoms with E-state index in [9.17, 15) is 4.79 Å². The highest BCUT2D eigenvalue weighted by Gasteiger charge is 1.94. The summed E-state index contributed by atoms with van der Waals surface area (Å²) in [6, 6.07) is 7.73. The van der Waals surface area contributed by atoms with Gasteiger partial charge in [-0.15, -0.1) is 0 Å². The molecule has 0 aliphatic rings. The van der Waals surface area contributed by atoms with E-state index in [0.717, 1.165) is 11.3 Å². The Balaban J connectivity index is 2.64. The molecule has 15 heavy (non-hydrogen) atoms. The van der Waals surface area contributed by atoms with Crippen molar-refractivity contribution in [2.45, 2.75) is 0 Å². The van der Waals surface area contributed by atoms with Gasteiger partial charge in [0.05, 0.1) is 0 Å². The van der Waals surface area contributed by atoms with Crippen LogP contribution in [0.2, 0.25) is 0 Å². The van der Waals surface area contributed by atoms with Crippen LogP contribution in [-0.2, 0) is 4.79 Å². The van der Waals surface area contributed by atoms with E-state index in [1.807, 2.05) is 43.3 Å². The maximum Gasteiger partial charge on any atom is 0.325 e. The second kappa shape index (κ2) is 5.14. The minimum atomic E-state index is -0.920. The van der Waals surface area contributed by atoms with Crippen LogP contribution in [0.4, 0.5) is 5.69 Å².